The minimum Gasteiger partial charge on any atom is -0.495 e. The molecule has 0 atom stereocenters. The fraction of sp³-hybridized carbons (Fsp3) is 0.286. The highest BCUT2D eigenvalue weighted by atomic mass is 16.5. The molecule has 1 aromatic heterocycles. The molecular weight excluding hydrogens is 356 g/mol. The van der Waals surface area contributed by atoms with Crippen molar-refractivity contribution in [3.8, 4) is 11.8 Å². The van der Waals surface area contributed by atoms with Crippen molar-refractivity contribution in [2.24, 2.45) is 5.73 Å². The number of amides is 2. The lowest BCUT2D eigenvalue weighted by atomic mass is 10.1. The molecule has 0 aliphatic rings. The SMILES string of the molecule is CCCn1c(C)cc(/C=C(/C#N)C(=O)Nc2cc(C(N)=O)ccc2OC)c1C. The van der Waals surface area contributed by atoms with Gasteiger partial charge in [-0.25, -0.2) is 0 Å². The number of aromatic nitrogens is 1. The van der Waals surface area contributed by atoms with Crippen LogP contribution < -0.4 is 15.8 Å². The van der Waals surface area contributed by atoms with E-state index in [0.29, 0.717) is 5.75 Å². The number of carbonyl (C=O) groups is 2. The standard InChI is InChI=1S/C21H24N4O3/c1-5-8-25-13(2)9-16(14(25)3)10-17(12-22)21(27)24-18-11-15(20(23)26)6-7-19(18)28-4/h6-7,9-11H,5,8H2,1-4H3,(H2,23,26)(H,24,27)/b17-10-. The van der Waals surface area contributed by atoms with Crippen molar-refractivity contribution in [3.05, 3.63) is 52.4 Å². The van der Waals surface area contributed by atoms with Crippen LogP contribution in [0.4, 0.5) is 5.69 Å². The van der Waals surface area contributed by atoms with Gasteiger partial charge in [0.05, 0.1) is 12.8 Å². The number of nitrogens with zero attached hydrogens (tertiary/aromatic N) is 2. The second-order valence-corrected chi connectivity index (χ2v) is 6.38. The maximum Gasteiger partial charge on any atom is 0.266 e. The van der Waals surface area contributed by atoms with Crippen LogP contribution >= 0.6 is 0 Å². The summed E-state index contributed by atoms with van der Waals surface area (Å²) in [4.78, 5) is 24.0. The summed E-state index contributed by atoms with van der Waals surface area (Å²) in [6, 6.07) is 8.34. The number of rotatable bonds is 7. The molecule has 0 unspecified atom stereocenters. The van der Waals surface area contributed by atoms with Gasteiger partial charge < -0.3 is 20.4 Å². The first-order valence-corrected chi connectivity index (χ1v) is 8.90. The third-order valence-corrected chi connectivity index (χ3v) is 4.46. The molecule has 2 amide bonds. The highest BCUT2D eigenvalue weighted by Crippen LogP contribution is 2.26. The van der Waals surface area contributed by atoms with E-state index in [1.54, 1.807) is 6.08 Å². The molecule has 2 rings (SSSR count). The van der Waals surface area contributed by atoms with E-state index in [1.165, 1.54) is 25.3 Å². The summed E-state index contributed by atoms with van der Waals surface area (Å²) in [5.41, 5.74) is 8.61. The second kappa shape index (κ2) is 8.91. The van der Waals surface area contributed by atoms with Crippen molar-refractivity contribution in [1.29, 1.82) is 5.26 Å². The van der Waals surface area contributed by atoms with Crippen LogP contribution in [0.3, 0.4) is 0 Å². The fourth-order valence-corrected chi connectivity index (χ4v) is 2.99. The number of hydrogen-bond acceptors (Lipinski definition) is 4. The fourth-order valence-electron chi connectivity index (χ4n) is 2.99. The molecule has 0 radical (unpaired) electrons. The quantitative estimate of drug-likeness (QED) is 0.568. The highest BCUT2D eigenvalue weighted by Gasteiger charge is 2.16. The summed E-state index contributed by atoms with van der Waals surface area (Å²) in [7, 11) is 1.44. The minimum atomic E-state index is -0.627. The molecule has 1 heterocycles. The Morgan fingerprint density at radius 3 is 2.61 bits per heavy atom. The summed E-state index contributed by atoms with van der Waals surface area (Å²) in [6.45, 7) is 6.92. The lowest BCUT2D eigenvalue weighted by Crippen LogP contribution is -2.16. The van der Waals surface area contributed by atoms with E-state index >= 15 is 0 Å². The van der Waals surface area contributed by atoms with Crippen LogP contribution in [0.5, 0.6) is 5.75 Å². The molecule has 7 nitrogen and oxygen atoms in total. The second-order valence-electron chi connectivity index (χ2n) is 6.38. The summed E-state index contributed by atoms with van der Waals surface area (Å²) >= 11 is 0. The Kier molecular flexibility index (Phi) is 6.61. The van der Waals surface area contributed by atoms with Crippen molar-refractivity contribution < 1.29 is 14.3 Å². The number of primary amides is 1. The Morgan fingerprint density at radius 1 is 1.32 bits per heavy atom. The van der Waals surface area contributed by atoms with Crippen molar-refractivity contribution in [2.45, 2.75) is 33.7 Å². The van der Waals surface area contributed by atoms with Gasteiger partial charge in [-0.05, 0) is 56.2 Å². The smallest absolute Gasteiger partial charge is 0.266 e. The molecule has 0 aliphatic carbocycles. The van der Waals surface area contributed by atoms with Crippen molar-refractivity contribution in [2.75, 3.05) is 12.4 Å². The molecule has 3 N–H and O–H groups in total. The number of ether oxygens (including phenoxy) is 1. The third kappa shape index (κ3) is 4.41. The number of nitrogens with one attached hydrogen (secondary N) is 1. The predicted octanol–water partition coefficient (Wildman–Crippen LogP) is 3.17. The predicted molar refractivity (Wildman–Crippen MR) is 108 cm³/mol. The van der Waals surface area contributed by atoms with Crippen LogP contribution in [0.1, 0.15) is 40.7 Å². The Bertz CT molecular complexity index is 980. The summed E-state index contributed by atoms with van der Waals surface area (Å²) in [5.74, 6) is -0.864. The number of benzene rings is 1. The van der Waals surface area contributed by atoms with Gasteiger partial charge in [0.2, 0.25) is 5.91 Å². The van der Waals surface area contributed by atoms with Gasteiger partial charge in [-0.15, -0.1) is 0 Å². The molecule has 0 fully saturated rings. The van der Waals surface area contributed by atoms with Gasteiger partial charge in [-0.2, -0.15) is 5.26 Å². The van der Waals surface area contributed by atoms with Crippen molar-refractivity contribution >= 4 is 23.6 Å². The summed E-state index contributed by atoms with van der Waals surface area (Å²) in [6.07, 6.45) is 2.55. The van der Waals surface area contributed by atoms with Crippen molar-refractivity contribution in [1.82, 2.24) is 4.57 Å². The Hall–Kier alpha value is -3.53. The normalized spacial score (nSPS) is 11.0. The summed E-state index contributed by atoms with van der Waals surface area (Å²) < 4.78 is 7.36. The third-order valence-electron chi connectivity index (χ3n) is 4.46. The molecule has 0 saturated heterocycles. The largest absolute Gasteiger partial charge is 0.495 e. The molecule has 0 bridgehead atoms. The van der Waals surface area contributed by atoms with Crippen LogP contribution in [-0.4, -0.2) is 23.5 Å². The van der Waals surface area contributed by atoms with Crippen LogP contribution in [0.15, 0.2) is 29.8 Å². The maximum atomic E-state index is 12.6. The average Bonchev–Trinajstić information content (AvgIpc) is 2.93. The van der Waals surface area contributed by atoms with Gasteiger partial charge in [0.1, 0.15) is 17.4 Å². The lowest BCUT2D eigenvalue weighted by Gasteiger charge is -2.11. The number of hydrogen-bond donors (Lipinski definition) is 2. The van der Waals surface area contributed by atoms with Gasteiger partial charge in [-0.3, -0.25) is 9.59 Å². The zero-order valence-corrected chi connectivity index (χ0v) is 16.5. The monoisotopic (exact) mass is 380 g/mol. The first-order chi connectivity index (χ1) is 13.3. The van der Waals surface area contributed by atoms with Gasteiger partial charge in [-0.1, -0.05) is 6.92 Å². The van der Waals surface area contributed by atoms with E-state index in [4.69, 9.17) is 10.5 Å². The van der Waals surface area contributed by atoms with Crippen LogP contribution in [-0.2, 0) is 11.3 Å². The van der Waals surface area contributed by atoms with Gasteiger partial charge >= 0.3 is 0 Å². The van der Waals surface area contributed by atoms with E-state index in [2.05, 4.69) is 16.8 Å². The Balaban J connectivity index is 2.36. The molecule has 2 aromatic rings. The van der Waals surface area contributed by atoms with E-state index < -0.39 is 11.8 Å². The number of methoxy groups -OCH3 is 1. The Labute approximate surface area is 164 Å². The Morgan fingerprint density at radius 2 is 2.04 bits per heavy atom. The molecular formula is C21H24N4O3. The van der Waals surface area contributed by atoms with Crippen molar-refractivity contribution in [3.63, 3.8) is 0 Å². The molecule has 1 aromatic carbocycles. The van der Waals surface area contributed by atoms with E-state index in [1.807, 2.05) is 26.0 Å². The topological polar surface area (TPSA) is 110 Å². The highest BCUT2D eigenvalue weighted by molar-refractivity contribution is 6.10. The molecule has 28 heavy (non-hydrogen) atoms. The van der Waals surface area contributed by atoms with E-state index in [-0.39, 0.29) is 16.8 Å². The molecule has 146 valence electrons. The first-order valence-electron chi connectivity index (χ1n) is 8.90. The first kappa shape index (κ1) is 20.8. The van der Waals surface area contributed by atoms with Gasteiger partial charge in [0.25, 0.3) is 5.91 Å². The van der Waals surface area contributed by atoms with E-state index in [9.17, 15) is 14.9 Å². The van der Waals surface area contributed by atoms with Crippen LogP contribution in [0.2, 0.25) is 0 Å². The van der Waals surface area contributed by atoms with Gasteiger partial charge in [0.15, 0.2) is 0 Å². The summed E-state index contributed by atoms with van der Waals surface area (Å²) in [5, 5.41) is 12.1. The molecule has 0 aliphatic heterocycles. The average molecular weight is 380 g/mol. The molecule has 0 spiro atoms. The van der Waals surface area contributed by atoms with Crippen LogP contribution in [0, 0.1) is 25.2 Å². The number of nitriles is 1. The number of carbonyl (C=O) groups excluding carboxylic acids is 2. The number of nitrogens with two attached hydrogens (primary N) is 1. The number of anilines is 1. The van der Waals surface area contributed by atoms with Crippen LogP contribution in [0.25, 0.3) is 6.08 Å². The molecule has 7 heteroatoms. The maximum absolute atomic E-state index is 12.6. The molecule has 0 saturated carbocycles. The number of aryl methyl sites for hydroxylation is 1. The zero-order chi connectivity index (χ0) is 20.8. The zero-order valence-electron chi connectivity index (χ0n) is 16.5. The lowest BCUT2D eigenvalue weighted by molar-refractivity contribution is -0.112. The van der Waals surface area contributed by atoms with Gasteiger partial charge in [0, 0.05) is 23.5 Å². The minimum absolute atomic E-state index is 0.0525. The van der Waals surface area contributed by atoms with E-state index in [0.717, 1.165) is 29.9 Å².